The zero-order valence-electron chi connectivity index (χ0n) is 17.7. The molecule has 4 rings (SSSR count). The van der Waals surface area contributed by atoms with Crippen LogP contribution in [0.4, 0.5) is 0 Å². The number of aromatic hydroxyl groups is 1. The minimum atomic E-state index is 0.301. The quantitative estimate of drug-likeness (QED) is 0.584. The van der Waals surface area contributed by atoms with E-state index in [1.807, 2.05) is 73.7 Å². The zero-order valence-corrected chi connectivity index (χ0v) is 17.7. The van der Waals surface area contributed by atoms with Crippen LogP contribution in [0.2, 0.25) is 0 Å². The normalized spacial score (nSPS) is 14.6. The van der Waals surface area contributed by atoms with E-state index in [0.717, 1.165) is 66.2 Å². The fraction of sp³-hybridized carbons (Fsp3) is 0.222. The summed E-state index contributed by atoms with van der Waals surface area (Å²) in [5, 5.41) is 20.4. The average Bonchev–Trinajstić information content (AvgIpc) is 2.81. The van der Waals surface area contributed by atoms with Crippen molar-refractivity contribution >= 4 is 12.2 Å². The summed E-state index contributed by atoms with van der Waals surface area (Å²) in [6, 6.07) is 22.1. The van der Waals surface area contributed by atoms with Crippen LogP contribution in [-0.2, 0) is 11.3 Å². The molecule has 1 aliphatic rings. The van der Waals surface area contributed by atoms with Crippen LogP contribution in [-0.4, -0.2) is 36.3 Å². The maximum absolute atomic E-state index is 10.6. The van der Waals surface area contributed by atoms with Gasteiger partial charge in [0.25, 0.3) is 0 Å². The van der Waals surface area contributed by atoms with Gasteiger partial charge in [0.15, 0.2) is 0 Å². The molecule has 1 N–H and O–H groups in total. The summed E-state index contributed by atoms with van der Waals surface area (Å²) in [5.74, 6) is 0.301. The Balaban J connectivity index is 1.60. The number of hydrogen-bond donors (Lipinski definition) is 1. The second kappa shape index (κ2) is 9.61. The number of phenolic OH excluding ortho intramolecular Hbond substituents is 1. The molecule has 0 atom stereocenters. The Bertz CT molecular complexity index is 1120. The Morgan fingerprint density at radius 1 is 1.00 bits per heavy atom. The van der Waals surface area contributed by atoms with E-state index in [0.29, 0.717) is 11.3 Å². The molecule has 0 spiro atoms. The number of benzene rings is 3. The minimum absolute atomic E-state index is 0.301. The summed E-state index contributed by atoms with van der Waals surface area (Å²) < 4.78 is 5.40. The predicted molar refractivity (Wildman–Crippen MR) is 124 cm³/mol. The molecule has 156 valence electrons. The van der Waals surface area contributed by atoms with E-state index in [4.69, 9.17) is 4.74 Å². The van der Waals surface area contributed by atoms with Crippen molar-refractivity contribution in [2.75, 3.05) is 26.3 Å². The Labute approximate surface area is 183 Å². The van der Waals surface area contributed by atoms with Crippen molar-refractivity contribution < 1.29 is 9.84 Å². The standard InChI is InChI=1S/C27H26N2O2/c1-20-16-24(19-29-12-14-31-15-13-29)27(30)17-23(20)11-10-22-8-5-9-25(26(22)18-28)21-6-3-2-4-7-21/h2-11,16-17,30H,12-15,19H2,1H3/b11-10+. The topological polar surface area (TPSA) is 56.5 Å². The molecule has 1 aliphatic heterocycles. The van der Waals surface area contributed by atoms with Crippen LogP contribution in [0, 0.1) is 18.3 Å². The van der Waals surface area contributed by atoms with Crippen LogP contribution >= 0.6 is 0 Å². The van der Waals surface area contributed by atoms with Gasteiger partial charge >= 0.3 is 0 Å². The van der Waals surface area contributed by atoms with Gasteiger partial charge in [-0.25, -0.2) is 0 Å². The predicted octanol–water partition coefficient (Wildman–Crippen LogP) is 5.24. The molecule has 4 heteroatoms. The number of nitriles is 1. The summed E-state index contributed by atoms with van der Waals surface area (Å²) in [6.45, 7) is 6.02. The molecular formula is C27H26N2O2. The highest BCUT2D eigenvalue weighted by molar-refractivity contribution is 5.81. The largest absolute Gasteiger partial charge is 0.508 e. The van der Waals surface area contributed by atoms with Gasteiger partial charge in [-0.3, -0.25) is 4.90 Å². The summed E-state index contributed by atoms with van der Waals surface area (Å²) in [6.07, 6.45) is 3.92. The fourth-order valence-electron chi connectivity index (χ4n) is 3.95. The first-order valence-corrected chi connectivity index (χ1v) is 10.5. The molecule has 0 aliphatic carbocycles. The van der Waals surface area contributed by atoms with Crippen LogP contribution < -0.4 is 0 Å². The lowest BCUT2D eigenvalue weighted by Crippen LogP contribution is -2.35. The molecule has 3 aromatic carbocycles. The molecule has 31 heavy (non-hydrogen) atoms. The summed E-state index contributed by atoms with van der Waals surface area (Å²) >= 11 is 0. The number of hydrogen-bond acceptors (Lipinski definition) is 4. The molecule has 0 unspecified atom stereocenters. The lowest BCUT2D eigenvalue weighted by molar-refractivity contribution is 0.0339. The van der Waals surface area contributed by atoms with Crippen molar-refractivity contribution in [2.24, 2.45) is 0 Å². The molecule has 1 heterocycles. The van der Waals surface area contributed by atoms with E-state index in [-0.39, 0.29) is 0 Å². The monoisotopic (exact) mass is 410 g/mol. The third-order valence-corrected chi connectivity index (χ3v) is 5.70. The highest BCUT2D eigenvalue weighted by Crippen LogP contribution is 2.29. The Hall–Kier alpha value is -3.39. The number of morpholine rings is 1. The van der Waals surface area contributed by atoms with Gasteiger partial charge in [0.2, 0.25) is 0 Å². The minimum Gasteiger partial charge on any atom is -0.508 e. The zero-order chi connectivity index (χ0) is 21.6. The maximum atomic E-state index is 10.6. The molecule has 1 saturated heterocycles. The van der Waals surface area contributed by atoms with Gasteiger partial charge in [0, 0.05) is 30.8 Å². The van der Waals surface area contributed by atoms with Crippen molar-refractivity contribution in [3.8, 4) is 22.9 Å². The third kappa shape index (κ3) is 4.86. The summed E-state index contributed by atoms with van der Waals surface area (Å²) in [7, 11) is 0. The molecule has 0 aromatic heterocycles. The Kier molecular flexibility index (Phi) is 6.47. The van der Waals surface area contributed by atoms with E-state index in [1.165, 1.54) is 0 Å². The van der Waals surface area contributed by atoms with Gasteiger partial charge in [0.05, 0.1) is 18.8 Å². The first-order chi connectivity index (χ1) is 15.2. The number of aryl methyl sites for hydroxylation is 1. The van der Waals surface area contributed by atoms with Crippen LogP contribution in [0.3, 0.4) is 0 Å². The maximum Gasteiger partial charge on any atom is 0.120 e. The second-order valence-electron chi connectivity index (χ2n) is 7.81. The highest BCUT2D eigenvalue weighted by atomic mass is 16.5. The van der Waals surface area contributed by atoms with E-state index in [2.05, 4.69) is 17.0 Å². The highest BCUT2D eigenvalue weighted by Gasteiger charge is 2.14. The van der Waals surface area contributed by atoms with Crippen molar-refractivity contribution in [3.63, 3.8) is 0 Å². The lowest BCUT2D eigenvalue weighted by Gasteiger charge is -2.27. The van der Waals surface area contributed by atoms with Gasteiger partial charge in [0.1, 0.15) is 11.8 Å². The van der Waals surface area contributed by atoms with Crippen LogP contribution in [0.15, 0.2) is 60.7 Å². The van der Waals surface area contributed by atoms with E-state index in [1.54, 1.807) is 0 Å². The van der Waals surface area contributed by atoms with E-state index in [9.17, 15) is 10.4 Å². The van der Waals surface area contributed by atoms with Gasteiger partial charge in [-0.1, -0.05) is 66.7 Å². The van der Waals surface area contributed by atoms with Gasteiger partial charge in [-0.15, -0.1) is 0 Å². The second-order valence-corrected chi connectivity index (χ2v) is 7.81. The molecule has 4 nitrogen and oxygen atoms in total. The van der Waals surface area contributed by atoms with Crippen molar-refractivity contribution in [1.82, 2.24) is 4.90 Å². The third-order valence-electron chi connectivity index (χ3n) is 5.70. The van der Waals surface area contributed by atoms with Gasteiger partial charge < -0.3 is 9.84 Å². The fourth-order valence-corrected chi connectivity index (χ4v) is 3.95. The molecule has 0 radical (unpaired) electrons. The molecule has 0 bridgehead atoms. The van der Waals surface area contributed by atoms with Crippen molar-refractivity contribution in [1.29, 1.82) is 5.26 Å². The molecule has 0 amide bonds. The molecule has 3 aromatic rings. The summed E-state index contributed by atoms with van der Waals surface area (Å²) in [5.41, 5.74) is 6.42. The SMILES string of the molecule is Cc1cc(CN2CCOCC2)c(O)cc1/C=C/c1cccc(-c2ccccc2)c1C#N. The first kappa shape index (κ1) is 20.9. The van der Waals surface area contributed by atoms with Gasteiger partial charge in [-0.2, -0.15) is 5.26 Å². The van der Waals surface area contributed by atoms with Crippen molar-refractivity contribution in [2.45, 2.75) is 13.5 Å². The smallest absolute Gasteiger partial charge is 0.120 e. The lowest BCUT2D eigenvalue weighted by atomic mass is 9.95. The first-order valence-electron chi connectivity index (χ1n) is 10.5. The van der Waals surface area contributed by atoms with Crippen LogP contribution in [0.1, 0.15) is 27.8 Å². The Morgan fingerprint density at radius 2 is 1.74 bits per heavy atom. The average molecular weight is 411 g/mol. The molecule has 0 saturated carbocycles. The van der Waals surface area contributed by atoms with Crippen LogP contribution in [0.25, 0.3) is 23.3 Å². The summed E-state index contributed by atoms with van der Waals surface area (Å²) in [4.78, 5) is 2.29. The number of phenols is 1. The molecular weight excluding hydrogens is 384 g/mol. The van der Waals surface area contributed by atoms with Crippen molar-refractivity contribution in [3.05, 3.63) is 88.5 Å². The number of rotatable bonds is 5. The number of ether oxygens (including phenoxy) is 1. The van der Waals surface area contributed by atoms with Crippen LogP contribution in [0.5, 0.6) is 5.75 Å². The molecule has 1 fully saturated rings. The van der Waals surface area contributed by atoms with E-state index >= 15 is 0 Å². The van der Waals surface area contributed by atoms with E-state index < -0.39 is 0 Å². The number of nitrogens with zero attached hydrogens (tertiary/aromatic N) is 2. The van der Waals surface area contributed by atoms with Gasteiger partial charge in [-0.05, 0) is 35.2 Å². The Morgan fingerprint density at radius 3 is 2.48 bits per heavy atom.